The van der Waals surface area contributed by atoms with E-state index in [0.717, 1.165) is 22.4 Å². The largest absolute Gasteiger partial charge is 0.395 e. The number of aliphatic hydroxyl groups is 1. The smallest absolute Gasteiger partial charge is 0.159 e. The summed E-state index contributed by atoms with van der Waals surface area (Å²) in [6.45, 7) is 0.0783. The van der Waals surface area contributed by atoms with E-state index in [1.54, 1.807) is 6.20 Å². The van der Waals surface area contributed by atoms with Crippen LogP contribution in [0, 0.1) is 11.8 Å². The molecule has 0 aliphatic carbocycles. The summed E-state index contributed by atoms with van der Waals surface area (Å²) in [5.41, 5.74) is 3.78. The van der Waals surface area contributed by atoms with E-state index in [-0.39, 0.29) is 6.61 Å². The molecule has 1 aromatic heterocycles. The van der Waals surface area contributed by atoms with Gasteiger partial charge in [-0.3, -0.25) is 0 Å². The Labute approximate surface area is 135 Å². The van der Waals surface area contributed by atoms with Crippen LogP contribution in [-0.2, 0) is 0 Å². The highest BCUT2D eigenvalue weighted by molar-refractivity contribution is 5.64. The molecule has 0 bridgehead atoms. The molecule has 3 heteroatoms. The summed E-state index contributed by atoms with van der Waals surface area (Å²) in [4.78, 5) is 9.02. The Bertz CT molecular complexity index is 848. The molecular weight excluding hydrogens is 284 g/mol. The van der Waals surface area contributed by atoms with Gasteiger partial charge in [-0.05, 0) is 18.2 Å². The van der Waals surface area contributed by atoms with Crippen molar-refractivity contribution in [2.75, 3.05) is 6.61 Å². The summed E-state index contributed by atoms with van der Waals surface area (Å²) in [7, 11) is 0. The minimum atomic E-state index is 0.0783. The molecular formula is C20H16N2O. The van der Waals surface area contributed by atoms with Crippen LogP contribution >= 0.6 is 0 Å². The van der Waals surface area contributed by atoms with Crippen LogP contribution in [0.4, 0.5) is 0 Å². The van der Waals surface area contributed by atoms with Gasteiger partial charge in [-0.2, -0.15) is 0 Å². The van der Waals surface area contributed by atoms with Crippen molar-refractivity contribution < 1.29 is 5.11 Å². The van der Waals surface area contributed by atoms with E-state index in [9.17, 15) is 0 Å². The maximum atomic E-state index is 8.79. The van der Waals surface area contributed by atoms with Gasteiger partial charge in [-0.1, -0.05) is 54.3 Å². The zero-order chi connectivity index (χ0) is 15.9. The molecule has 0 saturated carbocycles. The molecule has 112 valence electrons. The minimum Gasteiger partial charge on any atom is -0.395 e. The zero-order valence-corrected chi connectivity index (χ0v) is 12.6. The number of hydrogen-bond acceptors (Lipinski definition) is 3. The molecule has 0 unspecified atom stereocenters. The van der Waals surface area contributed by atoms with Gasteiger partial charge in [0.2, 0.25) is 0 Å². The SMILES string of the molecule is OCCC#Cc1cccc(-c2nccc(-c3ccccc3)n2)c1. The summed E-state index contributed by atoms with van der Waals surface area (Å²) >= 11 is 0. The Morgan fingerprint density at radius 1 is 0.913 bits per heavy atom. The lowest BCUT2D eigenvalue weighted by atomic mass is 10.1. The Hall–Kier alpha value is -2.96. The molecule has 0 atom stereocenters. The Kier molecular flexibility index (Phi) is 4.78. The van der Waals surface area contributed by atoms with Gasteiger partial charge in [0.25, 0.3) is 0 Å². The van der Waals surface area contributed by atoms with Gasteiger partial charge < -0.3 is 5.11 Å². The van der Waals surface area contributed by atoms with Crippen molar-refractivity contribution in [3.05, 3.63) is 72.4 Å². The Balaban J connectivity index is 1.94. The fourth-order valence-corrected chi connectivity index (χ4v) is 2.22. The van der Waals surface area contributed by atoms with Crippen molar-refractivity contribution in [2.45, 2.75) is 6.42 Å². The number of benzene rings is 2. The number of nitrogens with zero attached hydrogens (tertiary/aromatic N) is 2. The molecule has 0 aliphatic heterocycles. The fraction of sp³-hybridized carbons (Fsp3) is 0.100. The average molecular weight is 300 g/mol. The van der Waals surface area contributed by atoms with Crippen molar-refractivity contribution in [2.24, 2.45) is 0 Å². The van der Waals surface area contributed by atoms with Crippen LogP contribution in [0.2, 0.25) is 0 Å². The monoisotopic (exact) mass is 300 g/mol. The second-order valence-electron chi connectivity index (χ2n) is 4.99. The number of rotatable bonds is 3. The molecule has 23 heavy (non-hydrogen) atoms. The van der Waals surface area contributed by atoms with Crippen LogP contribution in [0.1, 0.15) is 12.0 Å². The third kappa shape index (κ3) is 3.82. The normalized spacial score (nSPS) is 9.96. The maximum Gasteiger partial charge on any atom is 0.159 e. The predicted octanol–water partition coefficient (Wildman–Crippen LogP) is 3.54. The van der Waals surface area contributed by atoms with Gasteiger partial charge in [0, 0.05) is 29.3 Å². The van der Waals surface area contributed by atoms with Crippen LogP contribution < -0.4 is 0 Å². The van der Waals surface area contributed by atoms with Crippen LogP contribution in [-0.4, -0.2) is 21.7 Å². The van der Waals surface area contributed by atoms with E-state index >= 15 is 0 Å². The highest BCUT2D eigenvalue weighted by Crippen LogP contribution is 2.21. The van der Waals surface area contributed by atoms with Crippen molar-refractivity contribution in [1.82, 2.24) is 9.97 Å². The first kappa shape index (κ1) is 15.0. The fourth-order valence-electron chi connectivity index (χ4n) is 2.22. The molecule has 3 aromatic rings. The van der Waals surface area contributed by atoms with E-state index in [1.807, 2.05) is 60.7 Å². The van der Waals surface area contributed by atoms with Gasteiger partial charge in [0.15, 0.2) is 5.82 Å². The summed E-state index contributed by atoms with van der Waals surface area (Å²) in [6.07, 6.45) is 2.25. The molecule has 2 aromatic carbocycles. The summed E-state index contributed by atoms with van der Waals surface area (Å²) in [5.74, 6) is 6.64. The van der Waals surface area contributed by atoms with Gasteiger partial charge >= 0.3 is 0 Å². The van der Waals surface area contributed by atoms with Crippen LogP contribution in [0.3, 0.4) is 0 Å². The first-order valence-electron chi connectivity index (χ1n) is 7.45. The number of hydrogen-bond donors (Lipinski definition) is 1. The lowest BCUT2D eigenvalue weighted by Gasteiger charge is -2.04. The van der Waals surface area contributed by atoms with Gasteiger partial charge in [0.1, 0.15) is 0 Å². The third-order valence-corrected chi connectivity index (χ3v) is 3.32. The highest BCUT2D eigenvalue weighted by atomic mass is 16.2. The molecule has 0 saturated heterocycles. The molecule has 0 aliphatic rings. The lowest BCUT2D eigenvalue weighted by molar-refractivity contribution is 0.305. The standard InChI is InChI=1S/C20H16N2O/c23-14-5-4-7-16-8-6-11-18(15-16)20-21-13-12-19(22-20)17-9-2-1-3-10-17/h1-3,6,8-13,15,23H,5,14H2. The second kappa shape index (κ2) is 7.35. The third-order valence-electron chi connectivity index (χ3n) is 3.32. The van der Waals surface area contributed by atoms with Crippen LogP contribution in [0.15, 0.2) is 66.9 Å². The maximum absolute atomic E-state index is 8.79. The van der Waals surface area contributed by atoms with E-state index in [4.69, 9.17) is 5.11 Å². The summed E-state index contributed by atoms with van der Waals surface area (Å²) in [6, 6.07) is 19.8. The number of aliphatic hydroxyl groups excluding tert-OH is 1. The summed E-state index contributed by atoms with van der Waals surface area (Å²) in [5, 5.41) is 8.79. The Morgan fingerprint density at radius 2 is 1.74 bits per heavy atom. The molecule has 0 amide bonds. The first-order valence-corrected chi connectivity index (χ1v) is 7.45. The summed E-state index contributed by atoms with van der Waals surface area (Å²) < 4.78 is 0. The van der Waals surface area contributed by atoms with Crippen molar-refractivity contribution in [3.63, 3.8) is 0 Å². The minimum absolute atomic E-state index is 0.0783. The zero-order valence-electron chi connectivity index (χ0n) is 12.6. The highest BCUT2D eigenvalue weighted by Gasteiger charge is 2.04. The Morgan fingerprint density at radius 3 is 2.57 bits per heavy atom. The van der Waals surface area contributed by atoms with E-state index in [2.05, 4.69) is 21.8 Å². The van der Waals surface area contributed by atoms with Crippen LogP contribution in [0.25, 0.3) is 22.6 Å². The second-order valence-corrected chi connectivity index (χ2v) is 4.99. The molecule has 0 fully saturated rings. The molecule has 3 rings (SSSR count). The van der Waals surface area contributed by atoms with Crippen molar-refractivity contribution in [3.8, 4) is 34.5 Å². The van der Waals surface area contributed by atoms with Gasteiger partial charge in [0.05, 0.1) is 12.3 Å². The molecule has 0 radical (unpaired) electrons. The van der Waals surface area contributed by atoms with Crippen molar-refractivity contribution in [1.29, 1.82) is 0 Å². The van der Waals surface area contributed by atoms with Gasteiger partial charge in [-0.25, -0.2) is 9.97 Å². The van der Waals surface area contributed by atoms with E-state index < -0.39 is 0 Å². The topological polar surface area (TPSA) is 46.0 Å². The van der Waals surface area contributed by atoms with Gasteiger partial charge in [-0.15, -0.1) is 0 Å². The van der Waals surface area contributed by atoms with E-state index in [1.165, 1.54) is 0 Å². The molecule has 3 nitrogen and oxygen atoms in total. The van der Waals surface area contributed by atoms with Crippen molar-refractivity contribution >= 4 is 0 Å². The molecule has 0 spiro atoms. The van der Waals surface area contributed by atoms with E-state index in [0.29, 0.717) is 12.2 Å². The lowest BCUT2D eigenvalue weighted by Crippen LogP contribution is -1.92. The average Bonchev–Trinajstić information content (AvgIpc) is 2.63. The first-order chi connectivity index (χ1) is 11.4. The molecule has 1 heterocycles. The van der Waals surface area contributed by atoms with Crippen LogP contribution in [0.5, 0.6) is 0 Å². The molecule has 1 N–H and O–H groups in total. The predicted molar refractivity (Wildman–Crippen MR) is 91.5 cm³/mol. The number of aromatic nitrogens is 2. The quantitative estimate of drug-likeness (QED) is 0.752.